The zero-order valence-corrected chi connectivity index (χ0v) is 28.8. The Labute approximate surface area is 298 Å². The fourth-order valence-electron chi connectivity index (χ4n) is 5.83. The van der Waals surface area contributed by atoms with Gasteiger partial charge in [0.1, 0.15) is 11.6 Å². The first kappa shape index (κ1) is 36.9. The van der Waals surface area contributed by atoms with E-state index in [9.17, 15) is 28.6 Å². The summed E-state index contributed by atoms with van der Waals surface area (Å²) in [5.41, 5.74) is 10.9. The van der Waals surface area contributed by atoms with Gasteiger partial charge in [0.25, 0.3) is 0 Å². The second-order valence-corrected chi connectivity index (χ2v) is 12.8. The van der Waals surface area contributed by atoms with E-state index in [2.05, 4.69) is 5.32 Å². The summed E-state index contributed by atoms with van der Waals surface area (Å²) < 4.78 is 29.9. The van der Waals surface area contributed by atoms with Crippen molar-refractivity contribution in [2.45, 2.75) is 38.4 Å². The third kappa shape index (κ3) is 8.85. The number of amides is 1. The fraction of sp³-hybridized carbons (Fsp3) is 0.270. The summed E-state index contributed by atoms with van der Waals surface area (Å²) in [7, 11) is 0. The normalized spacial score (nSPS) is 12.6. The maximum Gasteiger partial charge on any atom is 0.237 e. The number of anilines is 1. The largest absolute Gasteiger partial charge is 0.395 e. The minimum Gasteiger partial charge on any atom is -0.395 e. The highest BCUT2D eigenvalue weighted by Gasteiger charge is 2.23. The van der Waals surface area contributed by atoms with E-state index in [1.165, 1.54) is 13.0 Å². The Bertz CT molecular complexity index is 1980. The highest BCUT2D eigenvalue weighted by atomic mass is 35.5. The predicted molar refractivity (Wildman–Crippen MR) is 191 cm³/mol. The minimum atomic E-state index is -0.965. The number of aromatic nitrogens is 2. The van der Waals surface area contributed by atoms with Crippen molar-refractivity contribution in [2.75, 3.05) is 31.2 Å². The van der Waals surface area contributed by atoms with Gasteiger partial charge in [-0.15, -0.1) is 0 Å². The van der Waals surface area contributed by atoms with Crippen molar-refractivity contribution < 1.29 is 28.6 Å². The SMILES string of the molecule is CC(=O)CC(NC(=O)[C@@H](N)Cc1ccc(Cl)c(Cl)c1)c1ccc2c(c1)nc(-c1ccc(N(CCO)CCO)cc1)n2Cc1ccc(F)c(F)c1. The number of carbonyl (C=O) groups excluding carboxylic acids is 2. The van der Waals surface area contributed by atoms with E-state index < -0.39 is 29.6 Å². The molecule has 1 amide bonds. The number of Topliss-reactive ketones (excluding diaryl/α,β-unsaturated/α-hetero) is 1. The molecule has 262 valence electrons. The molecule has 0 aliphatic carbocycles. The van der Waals surface area contributed by atoms with E-state index in [1.807, 2.05) is 39.8 Å². The molecule has 5 rings (SSSR count). The molecule has 4 aromatic carbocycles. The number of imidazole rings is 1. The molecule has 0 fully saturated rings. The highest BCUT2D eigenvalue weighted by molar-refractivity contribution is 6.42. The molecule has 1 heterocycles. The lowest BCUT2D eigenvalue weighted by molar-refractivity contribution is -0.123. The van der Waals surface area contributed by atoms with Gasteiger partial charge in [0, 0.05) is 37.3 Å². The first-order valence-electron chi connectivity index (χ1n) is 16.0. The molecule has 5 aromatic rings. The molecule has 9 nitrogen and oxygen atoms in total. The number of halogens is 4. The van der Waals surface area contributed by atoms with Crippen LogP contribution in [0.25, 0.3) is 22.4 Å². The van der Waals surface area contributed by atoms with Crippen LogP contribution in [0, 0.1) is 11.6 Å². The summed E-state index contributed by atoms with van der Waals surface area (Å²) in [4.78, 5) is 32.4. The molecule has 2 atom stereocenters. The summed E-state index contributed by atoms with van der Waals surface area (Å²) in [5.74, 6) is -1.97. The van der Waals surface area contributed by atoms with Gasteiger partial charge in [-0.05, 0) is 90.7 Å². The quantitative estimate of drug-likeness (QED) is 0.107. The van der Waals surface area contributed by atoms with Crippen molar-refractivity contribution in [2.24, 2.45) is 5.73 Å². The van der Waals surface area contributed by atoms with Gasteiger partial charge in [-0.25, -0.2) is 13.8 Å². The van der Waals surface area contributed by atoms with Gasteiger partial charge in [0.15, 0.2) is 11.6 Å². The van der Waals surface area contributed by atoms with Gasteiger partial charge < -0.3 is 30.7 Å². The van der Waals surface area contributed by atoms with E-state index in [0.29, 0.717) is 51.1 Å². The third-order valence-electron chi connectivity index (χ3n) is 8.31. The molecule has 0 spiro atoms. The van der Waals surface area contributed by atoms with Crippen molar-refractivity contribution in [3.05, 3.63) is 117 Å². The van der Waals surface area contributed by atoms with Gasteiger partial charge in [-0.2, -0.15) is 0 Å². The van der Waals surface area contributed by atoms with Crippen LogP contribution in [0.3, 0.4) is 0 Å². The monoisotopic (exact) mass is 723 g/mol. The number of aliphatic hydroxyl groups is 2. The number of aliphatic hydroxyl groups excluding tert-OH is 2. The summed E-state index contributed by atoms with van der Waals surface area (Å²) in [6, 6.07) is 19.9. The molecule has 0 saturated heterocycles. The maximum atomic E-state index is 14.2. The van der Waals surface area contributed by atoms with E-state index in [4.69, 9.17) is 33.9 Å². The molecule has 5 N–H and O–H groups in total. The molecular weight excluding hydrogens is 687 g/mol. The average molecular weight is 725 g/mol. The lowest BCUT2D eigenvalue weighted by Gasteiger charge is -2.23. The Morgan fingerprint density at radius 2 is 1.60 bits per heavy atom. The summed E-state index contributed by atoms with van der Waals surface area (Å²) in [6.45, 7) is 2.13. The Balaban J connectivity index is 1.50. The number of ketones is 1. The van der Waals surface area contributed by atoms with Crippen LogP contribution >= 0.6 is 23.2 Å². The highest BCUT2D eigenvalue weighted by Crippen LogP contribution is 2.31. The number of nitrogens with two attached hydrogens (primary N) is 1. The van der Waals surface area contributed by atoms with Gasteiger partial charge >= 0.3 is 0 Å². The molecule has 0 radical (unpaired) electrons. The van der Waals surface area contributed by atoms with Crippen LogP contribution in [0.15, 0.2) is 78.9 Å². The first-order valence-corrected chi connectivity index (χ1v) is 16.7. The zero-order valence-electron chi connectivity index (χ0n) is 27.3. The number of fused-ring (bicyclic) bond motifs is 1. The Hall–Kier alpha value is -4.39. The second kappa shape index (κ2) is 16.5. The number of nitrogens with one attached hydrogen (secondary N) is 1. The van der Waals surface area contributed by atoms with Crippen molar-refractivity contribution in [1.82, 2.24) is 14.9 Å². The minimum absolute atomic E-state index is 0.0127. The topological polar surface area (TPSA) is 134 Å². The van der Waals surface area contributed by atoms with Crippen molar-refractivity contribution in [3.8, 4) is 11.4 Å². The molecular formula is C37H37Cl2F2N5O4. The number of nitrogens with zero attached hydrogens (tertiary/aromatic N) is 3. The van der Waals surface area contributed by atoms with Crippen LogP contribution in [-0.4, -0.2) is 63.8 Å². The number of hydrogen-bond donors (Lipinski definition) is 4. The number of rotatable bonds is 15. The van der Waals surface area contributed by atoms with Crippen LogP contribution in [0.4, 0.5) is 14.5 Å². The van der Waals surface area contributed by atoms with Crippen molar-refractivity contribution in [1.29, 1.82) is 0 Å². The van der Waals surface area contributed by atoms with Crippen LogP contribution in [0.1, 0.15) is 36.1 Å². The lowest BCUT2D eigenvalue weighted by Crippen LogP contribution is -2.43. The van der Waals surface area contributed by atoms with Gasteiger partial charge in [-0.1, -0.05) is 41.4 Å². The Kier molecular flexibility index (Phi) is 12.2. The molecule has 0 aliphatic rings. The number of hydrogen-bond acceptors (Lipinski definition) is 7. The van der Waals surface area contributed by atoms with E-state index in [0.717, 1.165) is 28.9 Å². The number of carbonyl (C=O) groups is 2. The molecule has 1 aromatic heterocycles. The van der Waals surface area contributed by atoms with E-state index in [1.54, 1.807) is 30.3 Å². The molecule has 0 aliphatic heterocycles. The maximum absolute atomic E-state index is 14.2. The zero-order chi connectivity index (χ0) is 35.9. The Morgan fingerprint density at radius 1 is 0.900 bits per heavy atom. The second-order valence-electron chi connectivity index (χ2n) is 12.0. The fourth-order valence-corrected chi connectivity index (χ4v) is 6.15. The summed E-state index contributed by atoms with van der Waals surface area (Å²) in [6.07, 6.45) is 0.210. The molecule has 50 heavy (non-hydrogen) atoms. The van der Waals surface area contributed by atoms with Gasteiger partial charge in [0.2, 0.25) is 5.91 Å². The smallest absolute Gasteiger partial charge is 0.237 e. The Morgan fingerprint density at radius 3 is 2.24 bits per heavy atom. The van der Waals surface area contributed by atoms with Gasteiger partial charge in [0.05, 0.1) is 46.4 Å². The van der Waals surface area contributed by atoms with Crippen LogP contribution in [-0.2, 0) is 22.6 Å². The van der Waals surface area contributed by atoms with Crippen LogP contribution < -0.4 is 16.0 Å². The van der Waals surface area contributed by atoms with E-state index in [-0.39, 0.29) is 38.4 Å². The van der Waals surface area contributed by atoms with E-state index >= 15 is 0 Å². The number of benzene rings is 4. The first-order chi connectivity index (χ1) is 24.0. The third-order valence-corrected chi connectivity index (χ3v) is 9.05. The average Bonchev–Trinajstić information content (AvgIpc) is 3.44. The summed E-state index contributed by atoms with van der Waals surface area (Å²) in [5, 5.41) is 22.6. The molecule has 13 heteroatoms. The van der Waals surface area contributed by atoms with Gasteiger partial charge in [-0.3, -0.25) is 9.59 Å². The molecule has 0 bridgehead atoms. The standard InChI is InChI=1S/C37H37Cl2F2N5O4/c1-22(49)16-33(44-37(50)32(42)19-23-2-9-28(38)29(39)17-23)26-6-11-35-34(20-26)43-36(46(35)21-24-3-10-30(40)31(41)18-24)25-4-7-27(8-5-25)45(12-14-47)13-15-48/h2-11,17-18,20,32-33,47-48H,12-16,19,21,42H2,1H3,(H,44,50)/t32-,33?/m0/s1. The van der Waals surface area contributed by atoms with Crippen LogP contribution in [0.2, 0.25) is 10.0 Å². The summed E-state index contributed by atoms with van der Waals surface area (Å²) >= 11 is 12.1. The van der Waals surface area contributed by atoms with Crippen molar-refractivity contribution >= 4 is 51.6 Å². The molecule has 0 saturated carbocycles. The predicted octanol–water partition coefficient (Wildman–Crippen LogP) is 5.83. The van der Waals surface area contributed by atoms with Crippen molar-refractivity contribution in [3.63, 3.8) is 0 Å². The van der Waals surface area contributed by atoms with Crippen LogP contribution in [0.5, 0.6) is 0 Å². The lowest BCUT2D eigenvalue weighted by atomic mass is 9.99. The molecule has 1 unspecified atom stereocenters.